The van der Waals surface area contributed by atoms with Gasteiger partial charge in [0, 0.05) is 11.8 Å². The van der Waals surface area contributed by atoms with E-state index in [4.69, 9.17) is 14.2 Å². The molecule has 0 aromatic heterocycles. The van der Waals surface area contributed by atoms with Crippen LogP contribution in [0, 0.1) is 5.41 Å². The van der Waals surface area contributed by atoms with Crippen molar-refractivity contribution < 1.29 is 14.2 Å². The summed E-state index contributed by atoms with van der Waals surface area (Å²) in [5, 5.41) is 0. The lowest BCUT2D eigenvalue weighted by Crippen LogP contribution is -2.47. The predicted molar refractivity (Wildman–Crippen MR) is 68.1 cm³/mol. The number of aryl methyl sites for hydroxylation is 1. The fourth-order valence-corrected chi connectivity index (χ4v) is 2.48. The standard InChI is InChI=1S/C15H20O3/c1-14(2)11-17-15(16-10-13(14)18-15)9-8-12-6-4-3-5-7-12/h3-7,13H,8-11H2,1-2H3/t13-,15+/m0/s1. The minimum Gasteiger partial charge on any atom is -0.327 e. The van der Waals surface area contributed by atoms with Gasteiger partial charge in [0.1, 0.15) is 0 Å². The highest BCUT2D eigenvalue weighted by Crippen LogP contribution is 2.43. The van der Waals surface area contributed by atoms with Gasteiger partial charge in [-0.15, -0.1) is 0 Å². The third kappa shape index (κ3) is 2.18. The number of hydrogen-bond donors (Lipinski definition) is 0. The van der Waals surface area contributed by atoms with Gasteiger partial charge in [0.15, 0.2) is 0 Å². The molecule has 0 amide bonds. The second kappa shape index (κ2) is 4.34. The first-order valence-electron chi connectivity index (χ1n) is 6.59. The topological polar surface area (TPSA) is 27.7 Å². The molecule has 3 rings (SSSR count). The van der Waals surface area contributed by atoms with Crippen molar-refractivity contribution >= 4 is 0 Å². The first kappa shape index (κ1) is 12.2. The summed E-state index contributed by atoms with van der Waals surface area (Å²) in [6, 6.07) is 10.4. The molecule has 3 heteroatoms. The number of hydrogen-bond acceptors (Lipinski definition) is 3. The smallest absolute Gasteiger partial charge is 0.283 e. The van der Waals surface area contributed by atoms with Crippen LogP contribution in [-0.2, 0) is 20.6 Å². The zero-order valence-corrected chi connectivity index (χ0v) is 11.0. The Labute approximate surface area is 108 Å². The Morgan fingerprint density at radius 1 is 1.17 bits per heavy atom. The highest BCUT2D eigenvalue weighted by atomic mass is 16.9. The monoisotopic (exact) mass is 248 g/mol. The number of ether oxygens (including phenoxy) is 3. The maximum absolute atomic E-state index is 5.98. The summed E-state index contributed by atoms with van der Waals surface area (Å²) in [4.78, 5) is 0. The first-order valence-corrected chi connectivity index (χ1v) is 6.59. The lowest BCUT2D eigenvalue weighted by molar-refractivity contribution is -0.375. The van der Waals surface area contributed by atoms with Crippen LogP contribution in [0.5, 0.6) is 0 Å². The molecule has 0 saturated carbocycles. The Hall–Kier alpha value is -0.900. The van der Waals surface area contributed by atoms with Crippen LogP contribution in [0.1, 0.15) is 25.8 Å². The van der Waals surface area contributed by atoms with E-state index in [1.165, 1.54) is 5.56 Å². The van der Waals surface area contributed by atoms with Crippen molar-refractivity contribution in [2.75, 3.05) is 13.2 Å². The van der Waals surface area contributed by atoms with E-state index in [1.807, 2.05) is 6.07 Å². The summed E-state index contributed by atoms with van der Waals surface area (Å²) in [6.45, 7) is 5.66. The van der Waals surface area contributed by atoms with Gasteiger partial charge in [0.25, 0.3) is 5.97 Å². The van der Waals surface area contributed by atoms with Crippen molar-refractivity contribution in [3.8, 4) is 0 Å². The zero-order chi connectivity index (χ0) is 12.6. The minimum absolute atomic E-state index is 0.0484. The molecule has 1 aromatic rings. The van der Waals surface area contributed by atoms with Crippen LogP contribution in [-0.4, -0.2) is 25.3 Å². The van der Waals surface area contributed by atoms with E-state index in [-0.39, 0.29) is 11.5 Å². The summed E-state index contributed by atoms with van der Waals surface area (Å²) in [5.74, 6) is -0.796. The molecule has 2 atom stereocenters. The van der Waals surface area contributed by atoms with Gasteiger partial charge in [0.2, 0.25) is 0 Å². The summed E-state index contributed by atoms with van der Waals surface area (Å²) < 4.78 is 17.6. The lowest BCUT2D eigenvalue weighted by Gasteiger charge is -2.39. The van der Waals surface area contributed by atoms with Crippen molar-refractivity contribution in [3.63, 3.8) is 0 Å². The average molecular weight is 248 g/mol. The molecular weight excluding hydrogens is 228 g/mol. The Balaban J connectivity index is 1.64. The second-order valence-electron chi connectivity index (χ2n) is 5.86. The van der Waals surface area contributed by atoms with Crippen molar-refractivity contribution in [1.29, 1.82) is 0 Å². The van der Waals surface area contributed by atoms with Crippen LogP contribution in [0.25, 0.3) is 0 Å². The fourth-order valence-electron chi connectivity index (χ4n) is 2.48. The maximum atomic E-state index is 5.98. The summed E-state index contributed by atoms with van der Waals surface area (Å²) in [6.07, 6.45) is 1.82. The van der Waals surface area contributed by atoms with Crippen LogP contribution in [0.4, 0.5) is 0 Å². The van der Waals surface area contributed by atoms with Crippen molar-refractivity contribution in [1.82, 2.24) is 0 Å². The van der Waals surface area contributed by atoms with E-state index in [0.29, 0.717) is 13.2 Å². The Kier molecular flexibility index (Phi) is 2.93. The molecular formula is C15H20O3. The van der Waals surface area contributed by atoms with Gasteiger partial charge in [-0.2, -0.15) is 0 Å². The van der Waals surface area contributed by atoms with Gasteiger partial charge in [-0.3, -0.25) is 0 Å². The Morgan fingerprint density at radius 3 is 2.72 bits per heavy atom. The van der Waals surface area contributed by atoms with E-state index in [2.05, 4.69) is 38.1 Å². The molecule has 2 saturated heterocycles. The molecule has 3 nitrogen and oxygen atoms in total. The third-order valence-corrected chi connectivity index (χ3v) is 3.87. The first-order chi connectivity index (χ1) is 8.60. The van der Waals surface area contributed by atoms with E-state index in [9.17, 15) is 0 Å². The Bertz CT molecular complexity index is 415. The second-order valence-corrected chi connectivity index (χ2v) is 5.86. The normalized spacial score (nSPS) is 33.6. The average Bonchev–Trinajstić information content (AvgIpc) is 2.77. The van der Waals surface area contributed by atoms with Gasteiger partial charge < -0.3 is 14.2 Å². The molecule has 2 aliphatic heterocycles. The van der Waals surface area contributed by atoms with Crippen LogP contribution in [0.2, 0.25) is 0 Å². The van der Waals surface area contributed by atoms with Gasteiger partial charge in [0.05, 0.1) is 19.3 Å². The van der Waals surface area contributed by atoms with Gasteiger partial charge in [-0.05, 0) is 12.0 Å². The van der Waals surface area contributed by atoms with E-state index in [0.717, 1.165) is 12.8 Å². The van der Waals surface area contributed by atoms with Gasteiger partial charge in [-0.25, -0.2) is 0 Å². The molecule has 2 aliphatic rings. The number of benzene rings is 1. The van der Waals surface area contributed by atoms with Crippen molar-refractivity contribution in [3.05, 3.63) is 35.9 Å². The van der Waals surface area contributed by atoms with Crippen LogP contribution in [0.15, 0.2) is 30.3 Å². The zero-order valence-electron chi connectivity index (χ0n) is 11.0. The highest BCUT2D eigenvalue weighted by Gasteiger charge is 2.53. The SMILES string of the molecule is CC1(C)CO[C@@]2(CCc3ccccc3)OC[C@@H]1O2. The van der Waals surface area contributed by atoms with Gasteiger partial charge >= 0.3 is 0 Å². The Morgan fingerprint density at radius 2 is 1.94 bits per heavy atom. The number of rotatable bonds is 3. The third-order valence-electron chi connectivity index (χ3n) is 3.87. The molecule has 2 bridgehead atoms. The lowest BCUT2D eigenvalue weighted by atomic mass is 9.87. The largest absolute Gasteiger partial charge is 0.327 e. The fraction of sp³-hybridized carbons (Fsp3) is 0.600. The molecule has 0 spiro atoms. The molecule has 18 heavy (non-hydrogen) atoms. The van der Waals surface area contributed by atoms with Crippen molar-refractivity contribution in [2.24, 2.45) is 5.41 Å². The van der Waals surface area contributed by atoms with Gasteiger partial charge in [-0.1, -0.05) is 44.2 Å². The number of fused-ring (bicyclic) bond motifs is 2. The molecule has 2 heterocycles. The van der Waals surface area contributed by atoms with Crippen LogP contribution < -0.4 is 0 Å². The molecule has 0 radical (unpaired) electrons. The van der Waals surface area contributed by atoms with E-state index in [1.54, 1.807) is 0 Å². The summed E-state index contributed by atoms with van der Waals surface area (Å²) in [7, 11) is 0. The highest BCUT2D eigenvalue weighted by molar-refractivity contribution is 5.14. The quantitative estimate of drug-likeness (QED) is 0.823. The van der Waals surface area contributed by atoms with E-state index < -0.39 is 5.97 Å². The summed E-state index contributed by atoms with van der Waals surface area (Å²) in [5.41, 5.74) is 1.34. The van der Waals surface area contributed by atoms with Crippen LogP contribution >= 0.6 is 0 Å². The predicted octanol–water partition coefficient (Wildman–Crippen LogP) is 2.74. The van der Waals surface area contributed by atoms with Crippen molar-refractivity contribution in [2.45, 2.75) is 38.8 Å². The molecule has 2 fully saturated rings. The molecule has 98 valence electrons. The molecule has 0 aliphatic carbocycles. The minimum atomic E-state index is -0.796. The van der Waals surface area contributed by atoms with E-state index >= 15 is 0 Å². The maximum Gasteiger partial charge on any atom is 0.283 e. The van der Waals surface area contributed by atoms with Crippen LogP contribution in [0.3, 0.4) is 0 Å². The molecule has 0 unspecified atom stereocenters. The molecule has 0 N–H and O–H groups in total. The summed E-state index contributed by atoms with van der Waals surface area (Å²) >= 11 is 0. The molecule has 1 aromatic carbocycles.